The highest BCUT2D eigenvalue weighted by molar-refractivity contribution is 7.93. The molecule has 4 nitrogen and oxygen atoms in total. The van der Waals surface area contributed by atoms with Gasteiger partial charge < -0.3 is 0 Å². The first kappa shape index (κ1) is 9.32. The lowest BCUT2D eigenvalue weighted by Gasteiger charge is -1.93. The van der Waals surface area contributed by atoms with Gasteiger partial charge in [-0.15, -0.1) is 0 Å². The molecule has 10 heavy (non-hydrogen) atoms. The van der Waals surface area contributed by atoms with Crippen molar-refractivity contribution in [3.63, 3.8) is 0 Å². The summed E-state index contributed by atoms with van der Waals surface area (Å²) < 4.78 is 21.1. The highest BCUT2D eigenvalue weighted by Crippen LogP contribution is 1.95. The summed E-state index contributed by atoms with van der Waals surface area (Å²) in [6.45, 7) is 1.58. The van der Waals surface area contributed by atoms with Gasteiger partial charge in [0.25, 0.3) is 0 Å². The average Bonchev–Trinajstić information content (AvgIpc) is 1.80. The first-order valence-corrected chi connectivity index (χ1v) is 4.18. The zero-order valence-corrected chi connectivity index (χ0v) is 6.72. The average molecular weight is 162 g/mol. The number of primary sulfonamides is 1. The third-order valence-electron chi connectivity index (χ3n) is 0.869. The van der Waals surface area contributed by atoms with Crippen molar-refractivity contribution in [1.29, 1.82) is 0 Å². The van der Waals surface area contributed by atoms with E-state index in [0.717, 1.165) is 0 Å². The summed E-state index contributed by atoms with van der Waals surface area (Å²) in [5.41, 5.74) is 0. The van der Waals surface area contributed by atoms with Gasteiger partial charge in [0.15, 0.2) is 0 Å². The molecule has 0 heterocycles. The molecule has 0 atom stereocenters. The van der Waals surface area contributed by atoms with Crippen LogP contribution in [-0.2, 0) is 10.0 Å². The zero-order valence-electron chi connectivity index (χ0n) is 5.90. The second-order valence-corrected chi connectivity index (χ2v) is 3.18. The molecule has 0 rings (SSSR count). The number of hydrogen-bond acceptors (Lipinski definition) is 3. The van der Waals surface area contributed by atoms with Crippen molar-refractivity contribution >= 4 is 16.2 Å². The molecule has 0 aliphatic heterocycles. The topological polar surface area (TPSA) is 72.5 Å². The third kappa shape index (κ3) is 2.75. The Balaban J connectivity index is 4.75. The smallest absolute Gasteiger partial charge is 0.239 e. The van der Waals surface area contributed by atoms with Crippen molar-refractivity contribution in [1.82, 2.24) is 0 Å². The fourth-order valence-electron chi connectivity index (χ4n) is 0.440. The minimum absolute atomic E-state index is 0.0370. The monoisotopic (exact) mass is 162 g/mol. The highest BCUT2D eigenvalue weighted by atomic mass is 32.2. The molecular weight excluding hydrogens is 152 g/mol. The third-order valence-corrected chi connectivity index (χ3v) is 1.87. The molecule has 0 aromatic carbocycles. The zero-order chi connectivity index (χ0) is 8.20. The fourth-order valence-corrected chi connectivity index (χ4v) is 1.02. The Hall–Kier alpha value is -0.680. The van der Waals surface area contributed by atoms with Crippen molar-refractivity contribution < 1.29 is 8.42 Å². The van der Waals surface area contributed by atoms with E-state index in [2.05, 4.69) is 4.99 Å². The second kappa shape index (κ2) is 3.48. The summed E-state index contributed by atoms with van der Waals surface area (Å²) in [4.78, 5) is 3.56. The highest BCUT2D eigenvalue weighted by Gasteiger charge is 2.05. The van der Waals surface area contributed by atoms with E-state index in [-0.39, 0.29) is 4.91 Å². The summed E-state index contributed by atoms with van der Waals surface area (Å²) in [6.07, 6.45) is 2.59. The van der Waals surface area contributed by atoms with Crippen LogP contribution in [0.25, 0.3) is 0 Å². The predicted molar refractivity (Wildman–Crippen MR) is 41.3 cm³/mol. The van der Waals surface area contributed by atoms with Gasteiger partial charge in [0, 0.05) is 13.3 Å². The van der Waals surface area contributed by atoms with Crippen LogP contribution in [-0.4, -0.2) is 21.7 Å². The van der Waals surface area contributed by atoms with Gasteiger partial charge >= 0.3 is 0 Å². The number of rotatable bonds is 2. The summed E-state index contributed by atoms with van der Waals surface area (Å²) in [6, 6.07) is 0. The molecule has 0 aliphatic rings. The molecule has 0 radical (unpaired) electrons. The van der Waals surface area contributed by atoms with E-state index in [9.17, 15) is 8.42 Å². The Morgan fingerprint density at radius 1 is 1.60 bits per heavy atom. The van der Waals surface area contributed by atoms with Crippen LogP contribution in [0.5, 0.6) is 0 Å². The summed E-state index contributed by atoms with van der Waals surface area (Å²) in [5, 5.41) is 4.79. The van der Waals surface area contributed by atoms with Crippen LogP contribution in [0.1, 0.15) is 6.92 Å². The molecule has 5 heteroatoms. The minimum Gasteiger partial charge on any atom is -0.295 e. The van der Waals surface area contributed by atoms with Crippen molar-refractivity contribution in [2.75, 3.05) is 7.05 Å². The molecule has 0 aliphatic carbocycles. The van der Waals surface area contributed by atoms with Crippen LogP contribution < -0.4 is 5.14 Å². The van der Waals surface area contributed by atoms with Crippen molar-refractivity contribution in [2.45, 2.75) is 6.92 Å². The van der Waals surface area contributed by atoms with Gasteiger partial charge in [-0.1, -0.05) is 6.08 Å². The number of sulfonamides is 1. The quantitative estimate of drug-likeness (QED) is 0.575. The van der Waals surface area contributed by atoms with Gasteiger partial charge in [-0.25, -0.2) is 13.6 Å². The molecule has 0 spiro atoms. The molecule has 0 bridgehead atoms. The lowest BCUT2D eigenvalue weighted by atomic mass is 10.5. The van der Waals surface area contributed by atoms with E-state index in [0.29, 0.717) is 0 Å². The number of allylic oxidation sites excluding steroid dienone is 2. The van der Waals surface area contributed by atoms with Crippen LogP contribution >= 0.6 is 0 Å². The molecular formula is C5H10N2O2S. The van der Waals surface area contributed by atoms with E-state index in [1.54, 1.807) is 6.92 Å². The summed E-state index contributed by atoms with van der Waals surface area (Å²) in [5.74, 6) is 0. The standard InChI is InChI=1S/C5H10N2O2S/c1-3-5(4-7-2)10(6,8)9/h3-4H,1-2H3,(H2,6,8,9). The van der Waals surface area contributed by atoms with Gasteiger partial charge in [0.2, 0.25) is 10.0 Å². The maximum atomic E-state index is 10.6. The number of hydrogen-bond donors (Lipinski definition) is 1. The van der Waals surface area contributed by atoms with Crippen LogP contribution in [0.15, 0.2) is 16.0 Å². The summed E-state index contributed by atoms with van der Waals surface area (Å²) in [7, 11) is -2.08. The van der Waals surface area contributed by atoms with Crippen LogP contribution in [0.2, 0.25) is 0 Å². The van der Waals surface area contributed by atoms with E-state index < -0.39 is 10.0 Å². The SMILES string of the molecule is CC=C(C=NC)S(N)(=O)=O. The van der Waals surface area contributed by atoms with Crippen molar-refractivity contribution in [2.24, 2.45) is 10.1 Å². The largest absolute Gasteiger partial charge is 0.295 e. The van der Waals surface area contributed by atoms with Gasteiger partial charge in [0.1, 0.15) is 0 Å². The maximum Gasteiger partial charge on any atom is 0.239 e. The Bertz CT molecular complexity index is 251. The van der Waals surface area contributed by atoms with Gasteiger partial charge in [-0.3, -0.25) is 4.99 Å². The first-order valence-electron chi connectivity index (χ1n) is 2.63. The first-order chi connectivity index (χ1) is 4.52. The maximum absolute atomic E-state index is 10.6. The number of nitrogens with two attached hydrogens (primary N) is 1. The molecule has 0 unspecified atom stereocenters. The second-order valence-electron chi connectivity index (χ2n) is 1.62. The van der Waals surface area contributed by atoms with Crippen LogP contribution in [0.4, 0.5) is 0 Å². The van der Waals surface area contributed by atoms with Crippen LogP contribution in [0, 0.1) is 0 Å². The molecule has 0 saturated carbocycles. The normalized spacial score (nSPS) is 14.5. The van der Waals surface area contributed by atoms with E-state index in [1.165, 1.54) is 19.3 Å². The van der Waals surface area contributed by atoms with Crippen molar-refractivity contribution in [3.05, 3.63) is 11.0 Å². The molecule has 58 valence electrons. The molecule has 0 aromatic rings. The molecule has 2 N–H and O–H groups in total. The Labute approximate surface area is 60.5 Å². The van der Waals surface area contributed by atoms with E-state index >= 15 is 0 Å². The number of aliphatic imine (C=N–C) groups is 1. The Morgan fingerprint density at radius 3 is 2.20 bits per heavy atom. The van der Waals surface area contributed by atoms with Gasteiger partial charge in [-0.2, -0.15) is 0 Å². The molecule has 0 saturated heterocycles. The van der Waals surface area contributed by atoms with Gasteiger partial charge in [0.05, 0.1) is 4.91 Å². The lowest BCUT2D eigenvalue weighted by molar-refractivity contribution is 0.605. The van der Waals surface area contributed by atoms with Gasteiger partial charge in [-0.05, 0) is 6.92 Å². The fraction of sp³-hybridized carbons (Fsp3) is 0.400. The van der Waals surface area contributed by atoms with E-state index in [4.69, 9.17) is 5.14 Å². The minimum atomic E-state index is -3.57. The summed E-state index contributed by atoms with van der Waals surface area (Å²) >= 11 is 0. The Kier molecular flexibility index (Phi) is 3.24. The van der Waals surface area contributed by atoms with E-state index in [1.807, 2.05) is 0 Å². The molecule has 0 amide bonds. The van der Waals surface area contributed by atoms with Crippen molar-refractivity contribution in [3.8, 4) is 0 Å². The lowest BCUT2D eigenvalue weighted by Crippen LogP contribution is -2.15. The molecule has 0 aromatic heterocycles. The Morgan fingerprint density at radius 2 is 2.10 bits per heavy atom. The predicted octanol–water partition coefficient (Wildman–Crippen LogP) is -0.121. The molecule has 0 fully saturated rings. The number of nitrogens with zero attached hydrogens (tertiary/aromatic N) is 1. The van der Waals surface area contributed by atoms with Crippen LogP contribution in [0.3, 0.4) is 0 Å².